The van der Waals surface area contributed by atoms with Gasteiger partial charge in [0.1, 0.15) is 0 Å². The molecule has 2 aromatic rings. The molecule has 3 N–H and O–H groups in total. The Bertz CT molecular complexity index is 952. The van der Waals surface area contributed by atoms with Gasteiger partial charge in [-0.1, -0.05) is 18.2 Å². The van der Waals surface area contributed by atoms with Crippen molar-refractivity contribution in [3.05, 3.63) is 35.2 Å². The lowest BCUT2D eigenvalue weighted by Gasteiger charge is -2.38. The van der Waals surface area contributed by atoms with E-state index < -0.39 is 18.4 Å². The summed E-state index contributed by atoms with van der Waals surface area (Å²) in [5.41, 5.74) is 0.825. The summed E-state index contributed by atoms with van der Waals surface area (Å²) < 4.78 is 13.0. The summed E-state index contributed by atoms with van der Waals surface area (Å²) in [6, 6.07) is 7.50. The van der Waals surface area contributed by atoms with Crippen LogP contribution >= 0.6 is 11.3 Å². The number of amides is 2. The predicted molar refractivity (Wildman–Crippen MR) is 145 cm³/mol. The highest BCUT2D eigenvalue weighted by Crippen LogP contribution is 2.28. The van der Waals surface area contributed by atoms with E-state index in [-0.39, 0.29) is 17.5 Å². The zero-order valence-corrected chi connectivity index (χ0v) is 23.3. The second-order valence-electron chi connectivity index (χ2n) is 9.92. The molecule has 36 heavy (non-hydrogen) atoms. The molecule has 0 radical (unpaired) electrons. The molecule has 8 nitrogen and oxygen atoms in total. The molecule has 0 aliphatic heterocycles. The predicted octanol–water partition coefficient (Wildman–Crippen LogP) is 5.21. The molecule has 2 unspecified atom stereocenters. The maximum Gasteiger partial charge on any atom is 0.404 e. The number of nitrogens with zero attached hydrogens (tertiary/aromatic N) is 1. The summed E-state index contributed by atoms with van der Waals surface area (Å²) in [5, 5.41) is 18.0. The van der Waals surface area contributed by atoms with Crippen molar-refractivity contribution in [1.82, 2.24) is 15.5 Å². The van der Waals surface area contributed by atoms with Crippen molar-refractivity contribution in [2.75, 3.05) is 19.8 Å². The van der Waals surface area contributed by atoms with Gasteiger partial charge in [-0.25, -0.2) is 4.79 Å². The first kappa shape index (κ1) is 30.0. The minimum Gasteiger partial charge on any atom is -0.465 e. The Morgan fingerprint density at radius 2 is 1.78 bits per heavy atom. The summed E-state index contributed by atoms with van der Waals surface area (Å²) in [7, 11) is 0. The molecule has 1 heterocycles. The molecule has 0 aliphatic carbocycles. The number of benzene rings is 1. The van der Waals surface area contributed by atoms with Gasteiger partial charge in [0, 0.05) is 36.5 Å². The molecule has 0 aliphatic rings. The van der Waals surface area contributed by atoms with Crippen LogP contribution in [0.1, 0.15) is 66.4 Å². The number of carbonyl (C=O) groups is 2. The van der Waals surface area contributed by atoms with Crippen molar-refractivity contribution >= 4 is 33.4 Å². The Labute approximate surface area is 219 Å². The molecule has 0 spiro atoms. The highest BCUT2D eigenvalue weighted by Gasteiger charge is 2.34. The maximum atomic E-state index is 14.2. The lowest BCUT2D eigenvalue weighted by atomic mass is 10.0. The fourth-order valence-electron chi connectivity index (χ4n) is 4.21. The Morgan fingerprint density at radius 3 is 2.39 bits per heavy atom. The van der Waals surface area contributed by atoms with Gasteiger partial charge in [0.2, 0.25) is 5.91 Å². The monoisotopic (exact) mass is 521 g/mol. The van der Waals surface area contributed by atoms with Crippen LogP contribution in [-0.4, -0.2) is 65.7 Å². The molecular weight excluding hydrogens is 478 g/mol. The van der Waals surface area contributed by atoms with Gasteiger partial charge in [0.25, 0.3) is 0 Å². The number of rotatable bonds is 15. The molecule has 0 fully saturated rings. The van der Waals surface area contributed by atoms with Crippen molar-refractivity contribution < 1.29 is 24.2 Å². The first-order chi connectivity index (χ1) is 17.1. The van der Waals surface area contributed by atoms with Crippen molar-refractivity contribution in [2.24, 2.45) is 0 Å². The van der Waals surface area contributed by atoms with E-state index in [2.05, 4.69) is 28.1 Å². The third-order valence-electron chi connectivity index (χ3n) is 5.83. The van der Waals surface area contributed by atoms with E-state index in [1.54, 1.807) is 11.3 Å². The smallest absolute Gasteiger partial charge is 0.404 e. The summed E-state index contributed by atoms with van der Waals surface area (Å²) in [4.78, 5) is 26.8. The van der Waals surface area contributed by atoms with E-state index in [9.17, 15) is 9.59 Å². The molecular formula is C27H43N3O5S. The number of unbranched alkanes of at least 4 members (excludes halogenated alkanes) is 1. The standard InChI is InChI=1S/C27H43N3O5S/c1-7-34-25(35-8-2)19(3)30(17-20-18-36-23-15-10-9-13-21(20)23)24(31)22(29-27(4,5)6)14-11-12-16-28-26(32)33/h9-10,13,15,18-19,22,25,28-29H,7-8,11-12,14,16-17H2,1-6H3,(H,32,33). The minimum absolute atomic E-state index is 0.0108. The summed E-state index contributed by atoms with van der Waals surface area (Å²) >= 11 is 1.68. The molecule has 9 heteroatoms. The van der Waals surface area contributed by atoms with E-state index in [1.165, 1.54) is 4.70 Å². The van der Waals surface area contributed by atoms with Crippen LogP contribution in [0.5, 0.6) is 0 Å². The van der Waals surface area contributed by atoms with Crippen LogP contribution in [0.15, 0.2) is 29.6 Å². The van der Waals surface area contributed by atoms with Crippen LogP contribution < -0.4 is 10.6 Å². The average molecular weight is 522 g/mol. The number of thiophene rings is 1. The van der Waals surface area contributed by atoms with Gasteiger partial charge >= 0.3 is 6.09 Å². The molecule has 0 bridgehead atoms. The summed E-state index contributed by atoms with van der Waals surface area (Å²) in [6.45, 7) is 13.7. The molecule has 0 saturated heterocycles. The fraction of sp³-hybridized carbons (Fsp3) is 0.630. The van der Waals surface area contributed by atoms with Crippen LogP contribution in [-0.2, 0) is 20.8 Å². The number of nitrogens with one attached hydrogen (secondary N) is 2. The topological polar surface area (TPSA) is 100 Å². The number of carboxylic acid groups (broad SMARTS) is 1. The van der Waals surface area contributed by atoms with E-state index in [0.717, 1.165) is 10.9 Å². The van der Waals surface area contributed by atoms with Crippen molar-refractivity contribution in [1.29, 1.82) is 0 Å². The molecule has 2 amide bonds. The van der Waals surface area contributed by atoms with Crippen LogP contribution in [0.4, 0.5) is 4.79 Å². The lowest BCUT2D eigenvalue weighted by molar-refractivity contribution is -0.180. The zero-order chi connectivity index (χ0) is 26.7. The molecule has 1 aromatic heterocycles. The molecule has 202 valence electrons. The maximum absolute atomic E-state index is 14.2. The van der Waals surface area contributed by atoms with Crippen molar-refractivity contribution in [3.8, 4) is 0 Å². The normalized spacial score (nSPS) is 13.6. The number of carbonyl (C=O) groups excluding carboxylic acids is 1. The number of fused-ring (bicyclic) bond motifs is 1. The largest absolute Gasteiger partial charge is 0.465 e. The van der Waals surface area contributed by atoms with Gasteiger partial charge in [0.15, 0.2) is 6.29 Å². The van der Waals surface area contributed by atoms with Crippen LogP contribution in [0.2, 0.25) is 0 Å². The highest BCUT2D eigenvalue weighted by molar-refractivity contribution is 7.17. The van der Waals surface area contributed by atoms with Gasteiger partial charge in [-0.3, -0.25) is 4.79 Å². The number of hydrogen-bond donors (Lipinski definition) is 3. The number of hydrogen-bond acceptors (Lipinski definition) is 6. The van der Waals surface area contributed by atoms with E-state index in [0.29, 0.717) is 45.6 Å². The van der Waals surface area contributed by atoms with Crippen molar-refractivity contribution in [2.45, 2.75) is 91.3 Å². The number of ether oxygens (including phenoxy) is 2. The van der Waals surface area contributed by atoms with E-state index >= 15 is 0 Å². The van der Waals surface area contributed by atoms with Crippen LogP contribution in [0.3, 0.4) is 0 Å². The van der Waals surface area contributed by atoms with Gasteiger partial charge < -0.3 is 30.1 Å². The fourth-order valence-corrected chi connectivity index (χ4v) is 5.17. The van der Waals surface area contributed by atoms with Gasteiger partial charge in [-0.15, -0.1) is 11.3 Å². The van der Waals surface area contributed by atoms with Crippen LogP contribution in [0.25, 0.3) is 10.1 Å². The zero-order valence-electron chi connectivity index (χ0n) is 22.5. The second kappa shape index (κ2) is 14.5. The first-order valence-electron chi connectivity index (χ1n) is 12.8. The molecule has 1 aromatic carbocycles. The Morgan fingerprint density at radius 1 is 1.11 bits per heavy atom. The highest BCUT2D eigenvalue weighted by atomic mass is 32.1. The summed E-state index contributed by atoms with van der Waals surface area (Å²) in [5.74, 6) is -0.0108. The quantitative estimate of drug-likeness (QED) is 0.220. The van der Waals surface area contributed by atoms with Gasteiger partial charge in [-0.2, -0.15) is 0 Å². The third-order valence-corrected chi connectivity index (χ3v) is 6.85. The van der Waals surface area contributed by atoms with E-state index in [4.69, 9.17) is 14.6 Å². The van der Waals surface area contributed by atoms with E-state index in [1.807, 2.05) is 58.6 Å². The van der Waals surface area contributed by atoms with Gasteiger partial charge in [0.05, 0.1) is 12.1 Å². The third kappa shape index (κ3) is 9.35. The Kier molecular flexibility index (Phi) is 12.1. The summed E-state index contributed by atoms with van der Waals surface area (Å²) in [6.07, 6.45) is 0.399. The SMILES string of the molecule is CCOC(OCC)C(C)N(Cc1csc2ccccc12)C(=O)C(CCCCNC(=O)O)NC(C)(C)C. The second-order valence-corrected chi connectivity index (χ2v) is 10.8. The minimum atomic E-state index is -1.03. The first-order valence-corrected chi connectivity index (χ1v) is 13.7. The Balaban J connectivity index is 2.33. The molecule has 2 rings (SSSR count). The van der Waals surface area contributed by atoms with Crippen molar-refractivity contribution in [3.63, 3.8) is 0 Å². The molecule has 0 saturated carbocycles. The van der Waals surface area contributed by atoms with Crippen LogP contribution in [0, 0.1) is 0 Å². The Hall–Kier alpha value is -2.20. The average Bonchev–Trinajstić information content (AvgIpc) is 3.22. The van der Waals surface area contributed by atoms with Gasteiger partial charge in [-0.05, 0) is 83.2 Å². The molecule has 2 atom stereocenters. The lowest BCUT2D eigenvalue weighted by Crippen LogP contribution is -2.56.